The summed E-state index contributed by atoms with van der Waals surface area (Å²) in [5.74, 6) is -1.08. The molecule has 0 radical (unpaired) electrons. The van der Waals surface area contributed by atoms with Gasteiger partial charge in [0.1, 0.15) is 13.2 Å². The second kappa shape index (κ2) is 50.7. The molecule has 0 bridgehead atoms. The average molecular weight is 879 g/mol. The third kappa shape index (κ3) is 48.1. The topological polar surface area (TPSA) is 78.9 Å². The van der Waals surface area contributed by atoms with Crippen molar-refractivity contribution in [2.75, 3.05) is 13.2 Å². The monoisotopic (exact) mass is 879 g/mol. The summed E-state index contributed by atoms with van der Waals surface area (Å²) in [7, 11) is 0. The Bertz CT molecular complexity index is 1520. The van der Waals surface area contributed by atoms with Crippen molar-refractivity contribution in [1.29, 1.82) is 0 Å². The van der Waals surface area contributed by atoms with Crippen molar-refractivity contribution in [2.24, 2.45) is 0 Å². The number of carbonyl (C=O) groups is 3. The van der Waals surface area contributed by atoms with Crippen molar-refractivity contribution in [3.63, 3.8) is 0 Å². The van der Waals surface area contributed by atoms with Crippen LogP contribution in [0.4, 0.5) is 0 Å². The van der Waals surface area contributed by atoms with Gasteiger partial charge in [-0.15, -0.1) is 0 Å². The number of ether oxygens (including phenoxy) is 3. The van der Waals surface area contributed by atoms with Crippen LogP contribution in [0.2, 0.25) is 0 Å². The van der Waals surface area contributed by atoms with Crippen LogP contribution >= 0.6 is 0 Å². The molecular formula is C58H86O6. The molecule has 0 aromatic carbocycles. The second-order valence-electron chi connectivity index (χ2n) is 15.3. The molecule has 0 aromatic heterocycles. The molecule has 0 rings (SSSR count). The van der Waals surface area contributed by atoms with Gasteiger partial charge < -0.3 is 14.2 Å². The molecule has 0 amide bonds. The van der Waals surface area contributed by atoms with Crippen molar-refractivity contribution in [3.8, 4) is 0 Å². The van der Waals surface area contributed by atoms with Gasteiger partial charge in [0.25, 0.3) is 0 Å². The Labute approximate surface area is 390 Å². The Balaban J connectivity index is 4.60. The maximum atomic E-state index is 12.8. The quantitative estimate of drug-likeness (QED) is 0.0200. The summed E-state index contributed by atoms with van der Waals surface area (Å²) in [5, 5.41) is 0. The molecule has 0 aliphatic heterocycles. The summed E-state index contributed by atoms with van der Waals surface area (Å²) < 4.78 is 16.6. The Morgan fingerprint density at radius 2 is 0.656 bits per heavy atom. The minimum Gasteiger partial charge on any atom is -0.462 e. The fourth-order valence-electron chi connectivity index (χ4n) is 5.80. The van der Waals surface area contributed by atoms with Gasteiger partial charge in [-0.3, -0.25) is 14.4 Å². The van der Waals surface area contributed by atoms with Gasteiger partial charge in [0.2, 0.25) is 0 Å². The van der Waals surface area contributed by atoms with Crippen LogP contribution in [-0.2, 0) is 28.6 Å². The van der Waals surface area contributed by atoms with E-state index in [4.69, 9.17) is 14.2 Å². The molecule has 0 N–H and O–H groups in total. The molecule has 354 valence electrons. The molecule has 1 unspecified atom stereocenters. The average Bonchev–Trinajstić information content (AvgIpc) is 3.29. The largest absolute Gasteiger partial charge is 0.462 e. The van der Waals surface area contributed by atoms with Gasteiger partial charge in [0.05, 0.1) is 0 Å². The lowest BCUT2D eigenvalue weighted by molar-refractivity contribution is -0.167. The zero-order valence-electron chi connectivity index (χ0n) is 40.2. The summed E-state index contributed by atoms with van der Waals surface area (Å²) >= 11 is 0. The second-order valence-corrected chi connectivity index (χ2v) is 15.3. The Morgan fingerprint density at radius 3 is 1.11 bits per heavy atom. The zero-order chi connectivity index (χ0) is 46.5. The highest BCUT2D eigenvalue weighted by Crippen LogP contribution is 2.11. The highest BCUT2D eigenvalue weighted by Gasteiger charge is 2.19. The lowest BCUT2D eigenvalue weighted by atomic mass is 10.1. The van der Waals surface area contributed by atoms with Gasteiger partial charge in [-0.1, -0.05) is 198 Å². The Hall–Kier alpha value is -4.97. The normalized spacial score (nSPS) is 13.5. The van der Waals surface area contributed by atoms with E-state index >= 15 is 0 Å². The van der Waals surface area contributed by atoms with E-state index in [1.807, 2.05) is 54.7 Å². The van der Waals surface area contributed by atoms with E-state index < -0.39 is 6.10 Å². The van der Waals surface area contributed by atoms with E-state index in [9.17, 15) is 14.4 Å². The van der Waals surface area contributed by atoms with Gasteiger partial charge in [0.15, 0.2) is 6.10 Å². The van der Waals surface area contributed by atoms with E-state index in [1.165, 1.54) is 0 Å². The maximum absolute atomic E-state index is 12.8. The smallest absolute Gasteiger partial charge is 0.306 e. The first-order chi connectivity index (χ1) is 31.5. The molecule has 0 aromatic rings. The van der Waals surface area contributed by atoms with Crippen molar-refractivity contribution in [1.82, 2.24) is 0 Å². The molecule has 6 nitrogen and oxygen atoms in total. The standard InChI is InChI=1S/C58H86O6/c1-4-7-10-13-16-19-22-25-27-28-29-30-31-34-36-39-42-45-48-51-57(60)63-54-55(53-62-56(59)50-47-44-41-38-35-32-24-21-18-15-12-9-6-3)64-58(61)52-49-46-43-40-37-33-26-23-20-17-14-11-8-5-2/h7-12,15-21,24-27,29-30,32-36,38,41,55H,4-6,13-14,22-23,28,31,37,39-40,42-54H2,1-3H3/b10-7-,11-8-,12-9-,18-15-,19-16-,20-17-,24-21-,27-25-,30-29-,33-26-,35-32-,36-34-,41-38-. The van der Waals surface area contributed by atoms with Crippen molar-refractivity contribution in [3.05, 3.63) is 158 Å². The number of carbonyl (C=O) groups excluding carboxylic acids is 3. The van der Waals surface area contributed by atoms with Crippen LogP contribution in [-0.4, -0.2) is 37.2 Å². The van der Waals surface area contributed by atoms with E-state index in [2.05, 4.69) is 124 Å². The van der Waals surface area contributed by atoms with Crippen molar-refractivity contribution >= 4 is 17.9 Å². The van der Waals surface area contributed by atoms with Crippen molar-refractivity contribution < 1.29 is 28.6 Å². The van der Waals surface area contributed by atoms with Gasteiger partial charge >= 0.3 is 17.9 Å². The van der Waals surface area contributed by atoms with Crippen LogP contribution in [0.1, 0.15) is 168 Å². The van der Waals surface area contributed by atoms with Crippen LogP contribution in [0.25, 0.3) is 0 Å². The first-order valence-corrected chi connectivity index (χ1v) is 24.6. The van der Waals surface area contributed by atoms with Gasteiger partial charge in [-0.2, -0.15) is 0 Å². The molecule has 0 fully saturated rings. The molecule has 64 heavy (non-hydrogen) atoms. The SMILES string of the molecule is CC\C=C/C=C\C=C/C=C\C=C/CCCC(=O)OCC(COC(=O)CCCCC/C=C\C/C=C\C/C=C\C/C=C\C/C=C\CC)OC(=O)CCCCCC/C=C\C/C=C\C/C=C\CC. The number of allylic oxidation sites excluding steroid dienone is 26. The predicted octanol–water partition coefficient (Wildman–Crippen LogP) is 16.2. The first-order valence-electron chi connectivity index (χ1n) is 24.6. The Morgan fingerprint density at radius 1 is 0.328 bits per heavy atom. The first kappa shape index (κ1) is 59.0. The number of unbranched alkanes of at least 4 members (excludes halogenated alkanes) is 8. The minimum absolute atomic E-state index is 0.135. The molecule has 0 saturated heterocycles. The Kier molecular flexibility index (Phi) is 46.7. The van der Waals surface area contributed by atoms with E-state index in [1.54, 1.807) is 0 Å². The van der Waals surface area contributed by atoms with Crippen LogP contribution in [0.5, 0.6) is 0 Å². The van der Waals surface area contributed by atoms with Gasteiger partial charge in [-0.05, 0) is 109 Å². The molecular weight excluding hydrogens is 793 g/mol. The van der Waals surface area contributed by atoms with Crippen LogP contribution in [0.15, 0.2) is 158 Å². The molecule has 6 heteroatoms. The predicted molar refractivity (Wildman–Crippen MR) is 274 cm³/mol. The number of rotatable bonds is 41. The number of hydrogen-bond acceptors (Lipinski definition) is 6. The summed E-state index contributed by atoms with van der Waals surface area (Å²) in [6.07, 6.45) is 73.8. The maximum Gasteiger partial charge on any atom is 0.306 e. The van der Waals surface area contributed by atoms with E-state index in [0.29, 0.717) is 12.8 Å². The summed E-state index contributed by atoms with van der Waals surface area (Å²) in [6.45, 7) is 6.11. The molecule has 0 heterocycles. The minimum atomic E-state index is -0.840. The highest BCUT2D eigenvalue weighted by molar-refractivity contribution is 5.71. The van der Waals surface area contributed by atoms with Crippen molar-refractivity contribution in [2.45, 2.75) is 175 Å². The number of esters is 3. The van der Waals surface area contributed by atoms with Crippen LogP contribution in [0, 0.1) is 0 Å². The summed E-state index contributed by atoms with van der Waals surface area (Å²) in [5.41, 5.74) is 0. The van der Waals surface area contributed by atoms with E-state index in [-0.39, 0.29) is 44.0 Å². The molecule has 0 aliphatic rings. The van der Waals surface area contributed by atoms with Crippen LogP contribution < -0.4 is 0 Å². The third-order valence-corrected chi connectivity index (χ3v) is 9.39. The molecule has 0 aliphatic carbocycles. The third-order valence-electron chi connectivity index (χ3n) is 9.39. The lowest BCUT2D eigenvalue weighted by Gasteiger charge is -2.18. The highest BCUT2D eigenvalue weighted by atomic mass is 16.6. The van der Waals surface area contributed by atoms with E-state index in [0.717, 1.165) is 122 Å². The molecule has 0 saturated carbocycles. The zero-order valence-corrected chi connectivity index (χ0v) is 40.2. The lowest BCUT2D eigenvalue weighted by Crippen LogP contribution is -2.30. The fraction of sp³-hybridized carbons (Fsp3) is 0.500. The van der Waals surface area contributed by atoms with Gasteiger partial charge in [0, 0.05) is 19.3 Å². The summed E-state index contributed by atoms with van der Waals surface area (Å²) in [4.78, 5) is 37.9. The molecule has 0 spiro atoms. The number of hydrogen-bond donors (Lipinski definition) is 0. The van der Waals surface area contributed by atoms with Gasteiger partial charge in [-0.25, -0.2) is 0 Å². The van der Waals surface area contributed by atoms with Crippen LogP contribution in [0.3, 0.4) is 0 Å². The molecule has 1 atom stereocenters. The summed E-state index contributed by atoms with van der Waals surface area (Å²) in [6, 6.07) is 0. The fourth-order valence-corrected chi connectivity index (χ4v) is 5.80.